The van der Waals surface area contributed by atoms with Crippen LogP contribution in [0.4, 0.5) is 0 Å². The summed E-state index contributed by atoms with van der Waals surface area (Å²) in [6.07, 6.45) is 0. The second-order valence-electron chi connectivity index (χ2n) is 2.46. The third kappa shape index (κ3) is 1.80. The summed E-state index contributed by atoms with van der Waals surface area (Å²) in [6, 6.07) is 5.14. The van der Waals surface area contributed by atoms with Crippen molar-refractivity contribution < 1.29 is 14.3 Å². The van der Waals surface area contributed by atoms with Gasteiger partial charge in [0.1, 0.15) is 17.1 Å². The fourth-order valence-corrected chi connectivity index (χ4v) is 1.13. The van der Waals surface area contributed by atoms with Crippen LogP contribution in [0.25, 0.3) is 0 Å². The van der Waals surface area contributed by atoms with E-state index in [1.54, 1.807) is 18.2 Å². The Hall–Kier alpha value is -1.51. The zero-order chi connectivity index (χ0) is 9.84. The molecule has 0 heterocycles. The summed E-state index contributed by atoms with van der Waals surface area (Å²) < 4.78 is 10.0. The minimum atomic E-state index is -0.311. The lowest BCUT2D eigenvalue weighted by Gasteiger charge is -2.09. The average molecular weight is 179 g/mol. The molecule has 1 radical (unpaired) electrons. The predicted molar refractivity (Wildman–Crippen MR) is 49.2 cm³/mol. The van der Waals surface area contributed by atoms with Crippen molar-refractivity contribution in [2.24, 2.45) is 0 Å². The van der Waals surface area contributed by atoms with Gasteiger partial charge >= 0.3 is 0 Å². The lowest BCUT2D eigenvalue weighted by atomic mass is 10.1. The zero-order valence-electron chi connectivity index (χ0n) is 7.66. The molecule has 13 heavy (non-hydrogen) atoms. The number of hydrogen-bond acceptors (Lipinski definition) is 3. The number of ketones is 1. The van der Waals surface area contributed by atoms with Gasteiger partial charge in [-0.3, -0.25) is 4.79 Å². The molecule has 0 aliphatic rings. The van der Waals surface area contributed by atoms with E-state index >= 15 is 0 Å². The Kier molecular flexibility index (Phi) is 2.90. The van der Waals surface area contributed by atoms with Crippen molar-refractivity contribution in [2.75, 3.05) is 14.2 Å². The van der Waals surface area contributed by atoms with E-state index < -0.39 is 0 Å². The first kappa shape index (κ1) is 9.58. The fraction of sp³-hybridized carbons (Fsp3) is 0.200. The minimum Gasteiger partial charge on any atom is -0.496 e. The van der Waals surface area contributed by atoms with Crippen LogP contribution in [0, 0.1) is 6.92 Å². The Bertz CT molecular complexity index is 296. The molecular formula is C10H11O3. The lowest BCUT2D eigenvalue weighted by molar-refractivity contribution is 0.103. The molecule has 0 saturated heterocycles. The van der Waals surface area contributed by atoms with Crippen LogP contribution in [-0.2, 0) is 0 Å². The molecule has 0 fully saturated rings. The molecule has 0 aliphatic carbocycles. The highest BCUT2D eigenvalue weighted by molar-refractivity contribution is 6.04. The second-order valence-corrected chi connectivity index (χ2v) is 2.46. The molecule has 0 amide bonds. The molecule has 69 valence electrons. The maximum absolute atomic E-state index is 11.1. The molecule has 1 aromatic carbocycles. The zero-order valence-corrected chi connectivity index (χ0v) is 7.66. The normalized spacial score (nSPS) is 9.46. The highest BCUT2D eigenvalue weighted by atomic mass is 16.5. The van der Waals surface area contributed by atoms with Gasteiger partial charge in [-0.1, -0.05) is 6.07 Å². The highest BCUT2D eigenvalue weighted by Crippen LogP contribution is 2.28. The number of Topliss-reactive ketones (excluding diaryl/α,β-unsaturated/α-hetero) is 1. The van der Waals surface area contributed by atoms with Gasteiger partial charge in [0.25, 0.3) is 0 Å². The summed E-state index contributed by atoms with van der Waals surface area (Å²) in [7, 11) is 3.00. The molecule has 0 spiro atoms. The summed E-state index contributed by atoms with van der Waals surface area (Å²) in [5.74, 6) is 0.660. The number of ether oxygens (including phenoxy) is 2. The van der Waals surface area contributed by atoms with Gasteiger partial charge in [-0.2, -0.15) is 0 Å². The first-order chi connectivity index (χ1) is 6.20. The predicted octanol–water partition coefficient (Wildman–Crippen LogP) is 1.72. The molecular weight excluding hydrogens is 168 g/mol. The van der Waals surface area contributed by atoms with Gasteiger partial charge in [-0.05, 0) is 12.1 Å². The number of hydrogen-bond donors (Lipinski definition) is 0. The van der Waals surface area contributed by atoms with Crippen LogP contribution < -0.4 is 9.47 Å². The monoisotopic (exact) mass is 179 g/mol. The van der Waals surface area contributed by atoms with Crippen LogP contribution in [0.15, 0.2) is 18.2 Å². The first-order valence-electron chi connectivity index (χ1n) is 3.78. The van der Waals surface area contributed by atoms with Gasteiger partial charge in [-0.25, -0.2) is 0 Å². The lowest BCUT2D eigenvalue weighted by Crippen LogP contribution is -2.01. The number of methoxy groups -OCH3 is 2. The summed E-state index contributed by atoms with van der Waals surface area (Å²) in [4.78, 5) is 11.1. The molecule has 3 nitrogen and oxygen atoms in total. The third-order valence-corrected chi connectivity index (χ3v) is 1.71. The molecule has 1 rings (SSSR count). The molecule has 0 unspecified atom stereocenters. The van der Waals surface area contributed by atoms with Crippen molar-refractivity contribution in [3.8, 4) is 11.5 Å². The quantitative estimate of drug-likeness (QED) is 0.663. The first-order valence-corrected chi connectivity index (χ1v) is 3.78. The minimum absolute atomic E-state index is 0.311. The van der Waals surface area contributed by atoms with E-state index in [1.165, 1.54) is 14.2 Å². The van der Waals surface area contributed by atoms with Crippen LogP contribution in [0.3, 0.4) is 0 Å². The van der Waals surface area contributed by atoms with E-state index in [4.69, 9.17) is 9.47 Å². The van der Waals surface area contributed by atoms with E-state index in [-0.39, 0.29) is 5.78 Å². The van der Waals surface area contributed by atoms with Crippen LogP contribution in [0.5, 0.6) is 11.5 Å². The van der Waals surface area contributed by atoms with E-state index in [2.05, 4.69) is 6.92 Å². The Morgan fingerprint density at radius 1 is 1.23 bits per heavy atom. The van der Waals surface area contributed by atoms with E-state index in [0.29, 0.717) is 17.1 Å². The van der Waals surface area contributed by atoms with Gasteiger partial charge in [0, 0.05) is 6.92 Å². The second kappa shape index (κ2) is 3.94. The largest absolute Gasteiger partial charge is 0.496 e. The van der Waals surface area contributed by atoms with Crippen molar-refractivity contribution in [1.82, 2.24) is 0 Å². The number of rotatable bonds is 3. The molecule has 0 saturated carbocycles. The van der Waals surface area contributed by atoms with Gasteiger partial charge in [0.15, 0.2) is 5.78 Å². The summed E-state index contributed by atoms with van der Waals surface area (Å²) >= 11 is 0. The average Bonchev–Trinajstić information content (AvgIpc) is 2.16. The van der Waals surface area contributed by atoms with Gasteiger partial charge in [0.05, 0.1) is 14.2 Å². The van der Waals surface area contributed by atoms with Gasteiger partial charge < -0.3 is 9.47 Å². The Morgan fingerprint density at radius 3 is 2.00 bits per heavy atom. The summed E-state index contributed by atoms with van der Waals surface area (Å²) in [5, 5.41) is 0. The van der Waals surface area contributed by atoms with Crippen molar-refractivity contribution in [2.45, 2.75) is 0 Å². The SMILES string of the molecule is [CH2]C(=O)c1c(OC)cccc1OC. The Balaban J connectivity index is 3.29. The van der Waals surface area contributed by atoms with Crippen molar-refractivity contribution in [3.05, 3.63) is 30.7 Å². The highest BCUT2D eigenvalue weighted by Gasteiger charge is 2.13. The summed E-state index contributed by atoms with van der Waals surface area (Å²) in [6.45, 7) is 3.33. The Labute approximate surface area is 77.3 Å². The standard InChI is InChI=1S/C10H11O3/c1-7(11)10-8(12-2)5-4-6-9(10)13-3/h4-6H,1H2,2-3H3. The van der Waals surface area contributed by atoms with Crippen LogP contribution in [0.2, 0.25) is 0 Å². The molecule has 0 bridgehead atoms. The van der Waals surface area contributed by atoms with Gasteiger partial charge in [-0.15, -0.1) is 0 Å². The van der Waals surface area contributed by atoms with E-state index in [9.17, 15) is 4.79 Å². The van der Waals surface area contributed by atoms with Crippen molar-refractivity contribution in [1.29, 1.82) is 0 Å². The number of benzene rings is 1. The third-order valence-electron chi connectivity index (χ3n) is 1.71. The maximum atomic E-state index is 11.1. The van der Waals surface area contributed by atoms with Crippen LogP contribution in [0.1, 0.15) is 10.4 Å². The number of carbonyl (C=O) groups excluding carboxylic acids is 1. The molecule has 0 N–H and O–H groups in total. The molecule has 0 aromatic heterocycles. The van der Waals surface area contributed by atoms with Crippen molar-refractivity contribution in [3.63, 3.8) is 0 Å². The smallest absolute Gasteiger partial charge is 0.170 e. The molecule has 3 heteroatoms. The number of carbonyl (C=O) groups is 1. The Morgan fingerprint density at radius 2 is 1.69 bits per heavy atom. The molecule has 1 aromatic rings. The molecule has 0 aliphatic heterocycles. The van der Waals surface area contributed by atoms with E-state index in [0.717, 1.165) is 0 Å². The maximum Gasteiger partial charge on any atom is 0.170 e. The van der Waals surface area contributed by atoms with Gasteiger partial charge in [0.2, 0.25) is 0 Å². The van der Waals surface area contributed by atoms with Crippen LogP contribution >= 0.6 is 0 Å². The summed E-state index contributed by atoms with van der Waals surface area (Å²) in [5.41, 5.74) is 0.382. The van der Waals surface area contributed by atoms with Crippen molar-refractivity contribution >= 4 is 5.78 Å². The topological polar surface area (TPSA) is 35.5 Å². The van der Waals surface area contributed by atoms with E-state index in [1.807, 2.05) is 0 Å². The fourth-order valence-electron chi connectivity index (χ4n) is 1.13. The van der Waals surface area contributed by atoms with Crippen LogP contribution in [-0.4, -0.2) is 20.0 Å². The molecule has 0 atom stereocenters.